The van der Waals surface area contributed by atoms with E-state index in [1.165, 1.54) is 0 Å². The van der Waals surface area contributed by atoms with Gasteiger partial charge < -0.3 is 28.4 Å². The zero-order valence-electron chi connectivity index (χ0n) is 12.4. The molecule has 0 aromatic carbocycles. The normalized spacial score (nSPS) is 10.5. The Morgan fingerprint density at radius 3 is 1.35 bits per heavy atom. The molecule has 0 spiro atoms. The van der Waals surface area contributed by atoms with Crippen LogP contribution < -0.4 is 0 Å². The van der Waals surface area contributed by atoms with Gasteiger partial charge in [0.2, 0.25) is 0 Å². The van der Waals surface area contributed by atoms with Gasteiger partial charge in [0, 0.05) is 13.2 Å². The Kier molecular flexibility index (Phi) is 15.4. The van der Waals surface area contributed by atoms with Crippen LogP contribution in [0.2, 0.25) is 0 Å². The topological polar surface area (TPSA) is 72.5 Å². The standard InChI is InChI=1S/C13H26O7/c1-3-15-5-7-17-9-11-19-13(14)20-12-10-18-8-6-16-4-2/h3-12H2,1-2H3. The highest BCUT2D eigenvalue weighted by Gasteiger charge is 2.03. The third-order valence-electron chi connectivity index (χ3n) is 2.05. The second kappa shape index (κ2) is 16.2. The monoisotopic (exact) mass is 294 g/mol. The van der Waals surface area contributed by atoms with E-state index in [1.54, 1.807) is 0 Å². The molecule has 0 heterocycles. The van der Waals surface area contributed by atoms with Gasteiger partial charge in [-0.3, -0.25) is 0 Å². The summed E-state index contributed by atoms with van der Waals surface area (Å²) in [4.78, 5) is 11.1. The van der Waals surface area contributed by atoms with Crippen molar-refractivity contribution in [3.8, 4) is 0 Å². The van der Waals surface area contributed by atoms with Crippen molar-refractivity contribution < 1.29 is 33.2 Å². The van der Waals surface area contributed by atoms with Gasteiger partial charge in [0.25, 0.3) is 0 Å². The fourth-order valence-corrected chi connectivity index (χ4v) is 1.14. The first-order chi connectivity index (χ1) is 9.81. The average molecular weight is 294 g/mol. The highest BCUT2D eigenvalue weighted by Crippen LogP contribution is 1.88. The van der Waals surface area contributed by atoms with E-state index in [0.29, 0.717) is 52.9 Å². The largest absolute Gasteiger partial charge is 0.508 e. The molecule has 0 aliphatic rings. The van der Waals surface area contributed by atoms with E-state index in [0.717, 1.165) is 0 Å². The Balaban J connectivity index is 3.13. The predicted octanol–water partition coefficient (Wildman–Crippen LogP) is 1.25. The molecular weight excluding hydrogens is 268 g/mol. The molecule has 0 unspecified atom stereocenters. The minimum absolute atomic E-state index is 0.163. The SMILES string of the molecule is CCOCCOCCOC(=O)OCCOCCOCC. The molecule has 0 aliphatic carbocycles. The minimum Gasteiger partial charge on any atom is -0.432 e. The Bertz CT molecular complexity index is 191. The summed E-state index contributed by atoms with van der Waals surface area (Å²) in [5.41, 5.74) is 0. The first-order valence-corrected chi connectivity index (χ1v) is 6.91. The maximum Gasteiger partial charge on any atom is 0.508 e. The van der Waals surface area contributed by atoms with E-state index in [2.05, 4.69) is 0 Å². The fourth-order valence-electron chi connectivity index (χ4n) is 1.14. The fraction of sp³-hybridized carbons (Fsp3) is 0.923. The maximum atomic E-state index is 11.1. The summed E-state index contributed by atoms with van der Waals surface area (Å²) < 4.78 is 30.1. The van der Waals surface area contributed by atoms with Gasteiger partial charge in [-0.1, -0.05) is 0 Å². The second-order valence-electron chi connectivity index (χ2n) is 3.57. The van der Waals surface area contributed by atoms with Gasteiger partial charge in [0.1, 0.15) is 13.2 Å². The summed E-state index contributed by atoms with van der Waals surface area (Å²) in [7, 11) is 0. The molecule has 120 valence electrons. The van der Waals surface area contributed by atoms with Crippen LogP contribution in [0.15, 0.2) is 0 Å². The molecule has 20 heavy (non-hydrogen) atoms. The molecule has 0 saturated carbocycles. The third kappa shape index (κ3) is 15.2. The van der Waals surface area contributed by atoms with Crippen molar-refractivity contribution in [1.29, 1.82) is 0 Å². The molecule has 0 radical (unpaired) electrons. The quantitative estimate of drug-likeness (QED) is 0.352. The van der Waals surface area contributed by atoms with E-state index in [-0.39, 0.29) is 13.2 Å². The van der Waals surface area contributed by atoms with Crippen molar-refractivity contribution in [2.24, 2.45) is 0 Å². The van der Waals surface area contributed by atoms with Gasteiger partial charge in [-0.25, -0.2) is 4.79 Å². The van der Waals surface area contributed by atoms with Gasteiger partial charge in [0.15, 0.2) is 0 Å². The van der Waals surface area contributed by atoms with Crippen LogP contribution in [0.3, 0.4) is 0 Å². The van der Waals surface area contributed by atoms with Crippen LogP contribution in [0.4, 0.5) is 4.79 Å². The van der Waals surface area contributed by atoms with E-state index in [4.69, 9.17) is 28.4 Å². The van der Waals surface area contributed by atoms with E-state index < -0.39 is 6.16 Å². The van der Waals surface area contributed by atoms with Crippen LogP contribution in [0.1, 0.15) is 13.8 Å². The molecule has 0 bridgehead atoms. The Hall–Kier alpha value is -0.890. The van der Waals surface area contributed by atoms with Gasteiger partial charge in [0.05, 0.1) is 39.6 Å². The van der Waals surface area contributed by atoms with Gasteiger partial charge in [-0.15, -0.1) is 0 Å². The molecule has 7 heteroatoms. The number of carbonyl (C=O) groups excluding carboxylic acids is 1. The Morgan fingerprint density at radius 1 is 0.600 bits per heavy atom. The number of ether oxygens (including phenoxy) is 6. The summed E-state index contributed by atoms with van der Waals surface area (Å²) in [5, 5.41) is 0. The molecule has 0 fully saturated rings. The highest BCUT2D eigenvalue weighted by molar-refractivity contribution is 5.59. The lowest BCUT2D eigenvalue weighted by molar-refractivity contribution is -0.00467. The number of carbonyl (C=O) groups is 1. The summed E-state index contributed by atoms with van der Waals surface area (Å²) in [6.07, 6.45) is -0.716. The summed E-state index contributed by atoms with van der Waals surface area (Å²) in [5.74, 6) is 0. The molecule has 0 rings (SSSR count). The van der Waals surface area contributed by atoms with Crippen molar-refractivity contribution in [2.45, 2.75) is 13.8 Å². The molecule has 7 nitrogen and oxygen atoms in total. The van der Waals surface area contributed by atoms with Crippen molar-refractivity contribution in [3.63, 3.8) is 0 Å². The van der Waals surface area contributed by atoms with E-state index in [9.17, 15) is 4.79 Å². The number of rotatable bonds is 14. The summed E-state index contributed by atoms with van der Waals surface area (Å²) >= 11 is 0. The lowest BCUT2D eigenvalue weighted by Crippen LogP contribution is -2.16. The van der Waals surface area contributed by atoms with Gasteiger partial charge in [-0.2, -0.15) is 0 Å². The van der Waals surface area contributed by atoms with Crippen LogP contribution in [0, 0.1) is 0 Å². The van der Waals surface area contributed by atoms with E-state index in [1.807, 2.05) is 13.8 Å². The molecule has 0 aromatic rings. The summed E-state index contributed by atoms with van der Waals surface area (Å²) in [6.45, 7) is 8.20. The first-order valence-electron chi connectivity index (χ1n) is 6.91. The van der Waals surface area contributed by atoms with Gasteiger partial charge in [-0.05, 0) is 13.8 Å². The maximum absolute atomic E-state index is 11.1. The van der Waals surface area contributed by atoms with E-state index >= 15 is 0 Å². The zero-order valence-corrected chi connectivity index (χ0v) is 12.4. The van der Waals surface area contributed by atoms with Gasteiger partial charge >= 0.3 is 6.16 Å². The predicted molar refractivity (Wildman–Crippen MR) is 71.9 cm³/mol. The molecule has 0 aliphatic heterocycles. The van der Waals surface area contributed by atoms with Crippen molar-refractivity contribution in [2.75, 3.05) is 66.1 Å². The summed E-state index contributed by atoms with van der Waals surface area (Å²) in [6, 6.07) is 0. The third-order valence-corrected chi connectivity index (χ3v) is 2.05. The zero-order chi connectivity index (χ0) is 14.9. The van der Waals surface area contributed by atoms with Crippen LogP contribution in [0.5, 0.6) is 0 Å². The lowest BCUT2D eigenvalue weighted by atomic mass is 10.7. The number of hydrogen-bond acceptors (Lipinski definition) is 7. The van der Waals surface area contributed by atoms with Crippen molar-refractivity contribution >= 4 is 6.16 Å². The average Bonchev–Trinajstić information content (AvgIpc) is 2.45. The molecular formula is C13H26O7. The second-order valence-corrected chi connectivity index (χ2v) is 3.57. The van der Waals surface area contributed by atoms with Crippen LogP contribution in [0.25, 0.3) is 0 Å². The van der Waals surface area contributed by atoms with Crippen molar-refractivity contribution in [3.05, 3.63) is 0 Å². The smallest absolute Gasteiger partial charge is 0.432 e. The van der Waals surface area contributed by atoms with Crippen LogP contribution in [-0.4, -0.2) is 72.2 Å². The Labute approximate surface area is 120 Å². The van der Waals surface area contributed by atoms with Crippen molar-refractivity contribution in [1.82, 2.24) is 0 Å². The molecule has 0 aromatic heterocycles. The lowest BCUT2D eigenvalue weighted by Gasteiger charge is -2.07. The van der Waals surface area contributed by atoms with Crippen LogP contribution >= 0.6 is 0 Å². The minimum atomic E-state index is -0.716. The number of hydrogen-bond donors (Lipinski definition) is 0. The Morgan fingerprint density at radius 2 is 0.950 bits per heavy atom. The first kappa shape index (κ1) is 19.1. The molecule has 0 amide bonds. The molecule has 0 saturated heterocycles. The molecule has 0 atom stereocenters. The highest BCUT2D eigenvalue weighted by atomic mass is 16.7. The molecule has 0 N–H and O–H groups in total. The van der Waals surface area contributed by atoms with Crippen LogP contribution in [-0.2, 0) is 28.4 Å².